The molecule has 3 rings (SSSR count). The third kappa shape index (κ3) is 6.17. The van der Waals surface area contributed by atoms with Crippen molar-refractivity contribution in [3.05, 3.63) is 65.7 Å². The number of phenolic OH excluding ortho intramolecular Hbond substituents is 1. The summed E-state index contributed by atoms with van der Waals surface area (Å²) in [4.78, 5) is 5.17. The number of rotatable bonds is 6. The number of nitrogens with zero attached hydrogens (tertiary/aromatic N) is 2. The summed E-state index contributed by atoms with van der Waals surface area (Å²) in [5.41, 5.74) is 2.56. The number of aromatic hydroxyl groups is 1. The second-order valence-electron chi connectivity index (χ2n) is 6.68. The highest BCUT2D eigenvalue weighted by molar-refractivity contribution is 5.85. The molecule has 26 heavy (non-hydrogen) atoms. The van der Waals surface area contributed by atoms with Gasteiger partial charge in [0.05, 0.1) is 0 Å². The molecule has 3 nitrogen and oxygen atoms in total. The molecule has 1 N–H and O–H groups in total. The van der Waals surface area contributed by atoms with Gasteiger partial charge >= 0.3 is 0 Å². The van der Waals surface area contributed by atoms with E-state index in [9.17, 15) is 5.11 Å². The van der Waals surface area contributed by atoms with Crippen molar-refractivity contribution in [3.8, 4) is 5.75 Å². The molecular formula is C21H30Cl2N2O. The van der Waals surface area contributed by atoms with E-state index < -0.39 is 0 Å². The predicted octanol–water partition coefficient (Wildman–Crippen LogP) is 4.55. The molecule has 1 unspecified atom stereocenters. The summed E-state index contributed by atoms with van der Waals surface area (Å²) < 4.78 is 0. The molecule has 2 aromatic rings. The first kappa shape index (κ1) is 22.8. The summed E-state index contributed by atoms with van der Waals surface area (Å²) in [5, 5.41) is 9.78. The van der Waals surface area contributed by atoms with Gasteiger partial charge in [-0.1, -0.05) is 49.4 Å². The van der Waals surface area contributed by atoms with E-state index in [0.717, 1.165) is 32.6 Å². The van der Waals surface area contributed by atoms with Gasteiger partial charge in [0.25, 0.3) is 0 Å². The van der Waals surface area contributed by atoms with E-state index in [1.807, 2.05) is 12.1 Å². The molecule has 0 spiro atoms. The molecule has 144 valence electrons. The Balaban J connectivity index is 0.00000169. The molecular weight excluding hydrogens is 367 g/mol. The minimum absolute atomic E-state index is 0. The van der Waals surface area contributed by atoms with Crippen LogP contribution >= 0.6 is 24.8 Å². The second-order valence-corrected chi connectivity index (χ2v) is 6.68. The largest absolute Gasteiger partial charge is 0.508 e. The van der Waals surface area contributed by atoms with Gasteiger partial charge in [0.1, 0.15) is 5.75 Å². The lowest BCUT2D eigenvalue weighted by Gasteiger charge is -2.39. The maximum Gasteiger partial charge on any atom is 0.115 e. The zero-order chi connectivity index (χ0) is 16.8. The Morgan fingerprint density at radius 3 is 2.23 bits per heavy atom. The van der Waals surface area contributed by atoms with Crippen molar-refractivity contribution in [2.24, 2.45) is 0 Å². The van der Waals surface area contributed by atoms with Crippen LogP contribution < -0.4 is 0 Å². The molecule has 0 amide bonds. The number of hydrogen-bond donors (Lipinski definition) is 1. The van der Waals surface area contributed by atoms with E-state index >= 15 is 0 Å². The molecule has 1 saturated heterocycles. The molecule has 0 radical (unpaired) electrons. The molecule has 0 aromatic heterocycles. The van der Waals surface area contributed by atoms with Crippen molar-refractivity contribution >= 4 is 24.8 Å². The lowest BCUT2D eigenvalue weighted by atomic mass is 9.96. The maximum absolute atomic E-state index is 9.78. The minimum atomic E-state index is 0. The van der Waals surface area contributed by atoms with Gasteiger partial charge in [0.15, 0.2) is 0 Å². The van der Waals surface area contributed by atoms with Crippen molar-refractivity contribution < 1.29 is 5.11 Å². The predicted molar refractivity (Wildman–Crippen MR) is 114 cm³/mol. The summed E-state index contributed by atoms with van der Waals surface area (Å²) in [6.45, 7) is 7.97. The van der Waals surface area contributed by atoms with Crippen LogP contribution in [0.4, 0.5) is 0 Å². The van der Waals surface area contributed by atoms with Gasteiger partial charge < -0.3 is 10.0 Å². The lowest BCUT2D eigenvalue weighted by molar-refractivity contribution is 0.0954. The maximum atomic E-state index is 9.78. The third-order valence-electron chi connectivity index (χ3n) is 4.91. The number of piperazine rings is 1. The first-order chi connectivity index (χ1) is 11.8. The van der Waals surface area contributed by atoms with E-state index in [1.165, 1.54) is 24.1 Å². The Hall–Kier alpha value is -1.26. The first-order valence-corrected chi connectivity index (χ1v) is 9.05. The van der Waals surface area contributed by atoms with E-state index in [-0.39, 0.29) is 24.8 Å². The van der Waals surface area contributed by atoms with Crippen LogP contribution in [0, 0.1) is 0 Å². The van der Waals surface area contributed by atoms with Crippen molar-refractivity contribution in [1.82, 2.24) is 9.80 Å². The van der Waals surface area contributed by atoms with Gasteiger partial charge in [-0.3, -0.25) is 4.90 Å². The summed E-state index contributed by atoms with van der Waals surface area (Å²) >= 11 is 0. The Morgan fingerprint density at radius 1 is 0.923 bits per heavy atom. The van der Waals surface area contributed by atoms with Crippen molar-refractivity contribution in [3.63, 3.8) is 0 Å². The molecule has 1 aliphatic heterocycles. The number of phenols is 1. The molecule has 1 aliphatic rings. The van der Waals surface area contributed by atoms with Crippen LogP contribution in [0.15, 0.2) is 54.6 Å². The Bertz CT molecular complexity index is 631. The van der Waals surface area contributed by atoms with Crippen LogP contribution in [-0.2, 0) is 6.42 Å². The summed E-state index contributed by atoms with van der Waals surface area (Å²) in [6, 6.07) is 18.8. The number of benzene rings is 2. The van der Waals surface area contributed by atoms with Crippen LogP contribution in [0.5, 0.6) is 5.75 Å². The van der Waals surface area contributed by atoms with Gasteiger partial charge in [0, 0.05) is 32.2 Å². The highest BCUT2D eigenvalue weighted by Crippen LogP contribution is 2.27. The summed E-state index contributed by atoms with van der Waals surface area (Å²) in [6.07, 6.45) is 2.16. The zero-order valence-electron chi connectivity index (χ0n) is 15.4. The fourth-order valence-electron chi connectivity index (χ4n) is 3.65. The average Bonchev–Trinajstić information content (AvgIpc) is 2.62. The molecule has 1 fully saturated rings. The molecule has 2 aromatic carbocycles. The van der Waals surface area contributed by atoms with Crippen molar-refractivity contribution in [2.75, 3.05) is 32.7 Å². The highest BCUT2D eigenvalue weighted by Gasteiger charge is 2.25. The quantitative estimate of drug-likeness (QED) is 0.775. The fourth-order valence-corrected chi connectivity index (χ4v) is 3.65. The normalized spacial score (nSPS) is 16.3. The van der Waals surface area contributed by atoms with E-state index in [0.29, 0.717) is 11.8 Å². The van der Waals surface area contributed by atoms with Gasteiger partial charge in [-0.05, 0) is 42.6 Å². The SMILES string of the molecule is CCCN1CCN(C(Cc2cccc(O)c2)c2ccccc2)CC1.Cl.Cl. The lowest BCUT2D eigenvalue weighted by Crippen LogP contribution is -2.48. The van der Waals surface area contributed by atoms with E-state index in [2.05, 4.69) is 53.1 Å². The standard InChI is InChI=1S/C21H28N2O.2ClH/c1-2-11-22-12-14-23(15-13-22)21(19-8-4-3-5-9-19)17-18-7-6-10-20(24)16-18;;/h3-10,16,21,24H,2,11-15,17H2,1H3;2*1H. The molecule has 0 bridgehead atoms. The van der Waals surface area contributed by atoms with E-state index in [1.54, 1.807) is 6.07 Å². The van der Waals surface area contributed by atoms with E-state index in [4.69, 9.17) is 0 Å². The summed E-state index contributed by atoms with van der Waals surface area (Å²) in [7, 11) is 0. The second kappa shape index (κ2) is 11.5. The Kier molecular flexibility index (Phi) is 10.0. The average molecular weight is 397 g/mol. The topological polar surface area (TPSA) is 26.7 Å². The monoisotopic (exact) mass is 396 g/mol. The highest BCUT2D eigenvalue weighted by atomic mass is 35.5. The summed E-state index contributed by atoms with van der Waals surface area (Å²) in [5.74, 6) is 0.354. The molecule has 1 heterocycles. The van der Waals surface area contributed by atoms with Gasteiger partial charge in [-0.25, -0.2) is 0 Å². The van der Waals surface area contributed by atoms with Crippen LogP contribution in [0.2, 0.25) is 0 Å². The molecule has 0 saturated carbocycles. The first-order valence-electron chi connectivity index (χ1n) is 9.05. The smallest absolute Gasteiger partial charge is 0.115 e. The zero-order valence-corrected chi connectivity index (χ0v) is 17.0. The Morgan fingerprint density at radius 2 is 1.62 bits per heavy atom. The van der Waals surface area contributed by atoms with Crippen molar-refractivity contribution in [2.45, 2.75) is 25.8 Å². The van der Waals surface area contributed by atoms with Gasteiger partial charge in [-0.2, -0.15) is 0 Å². The molecule has 1 atom stereocenters. The van der Waals surface area contributed by atoms with Crippen LogP contribution in [0.3, 0.4) is 0 Å². The number of hydrogen-bond acceptors (Lipinski definition) is 3. The van der Waals surface area contributed by atoms with Crippen LogP contribution in [0.25, 0.3) is 0 Å². The Labute approximate surface area is 169 Å². The van der Waals surface area contributed by atoms with Crippen LogP contribution in [-0.4, -0.2) is 47.6 Å². The van der Waals surface area contributed by atoms with Gasteiger partial charge in [-0.15, -0.1) is 24.8 Å². The minimum Gasteiger partial charge on any atom is -0.508 e. The third-order valence-corrected chi connectivity index (χ3v) is 4.91. The van der Waals surface area contributed by atoms with Crippen LogP contribution in [0.1, 0.15) is 30.5 Å². The number of halogens is 2. The molecule has 5 heteroatoms. The van der Waals surface area contributed by atoms with Gasteiger partial charge in [0.2, 0.25) is 0 Å². The van der Waals surface area contributed by atoms with Crippen molar-refractivity contribution in [1.29, 1.82) is 0 Å². The fraction of sp³-hybridized carbons (Fsp3) is 0.429. The molecule has 0 aliphatic carbocycles.